The van der Waals surface area contributed by atoms with Crippen LogP contribution in [-0.2, 0) is 18.4 Å². The van der Waals surface area contributed by atoms with Crippen LogP contribution in [0.4, 0.5) is 0 Å². The lowest BCUT2D eigenvalue weighted by molar-refractivity contribution is -0.120. The number of fused-ring (bicyclic) bond motifs is 1. The predicted molar refractivity (Wildman–Crippen MR) is 85.2 cm³/mol. The summed E-state index contributed by atoms with van der Waals surface area (Å²) in [4.78, 5) is 11.7. The summed E-state index contributed by atoms with van der Waals surface area (Å²) in [5.41, 5.74) is 1.79. The van der Waals surface area contributed by atoms with Gasteiger partial charge in [-0.15, -0.1) is 0 Å². The van der Waals surface area contributed by atoms with Gasteiger partial charge in [-0.25, -0.2) is 0 Å². The first-order chi connectivity index (χ1) is 9.63. The minimum absolute atomic E-state index is 0.0526. The van der Waals surface area contributed by atoms with Crippen LogP contribution >= 0.6 is 23.4 Å². The van der Waals surface area contributed by atoms with E-state index >= 15 is 0 Å². The molecule has 0 aliphatic heterocycles. The minimum atomic E-state index is 0.0526. The molecule has 0 saturated heterocycles. The summed E-state index contributed by atoms with van der Waals surface area (Å²) in [6, 6.07) is 5.71. The van der Waals surface area contributed by atoms with Gasteiger partial charge < -0.3 is 5.32 Å². The van der Waals surface area contributed by atoms with Crippen LogP contribution in [0.3, 0.4) is 0 Å². The van der Waals surface area contributed by atoms with Crippen molar-refractivity contribution in [3.8, 4) is 0 Å². The average Bonchev–Trinajstić information content (AvgIpc) is 2.75. The van der Waals surface area contributed by atoms with Gasteiger partial charge in [0.1, 0.15) is 0 Å². The van der Waals surface area contributed by atoms with Gasteiger partial charge in [0.05, 0.1) is 22.8 Å². The third-order valence-corrected chi connectivity index (χ3v) is 4.25. The Hall–Kier alpha value is -1.20. The molecule has 0 saturated carbocycles. The third-order valence-electron chi connectivity index (χ3n) is 3.03. The number of aryl methyl sites for hydroxylation is 1. The first-order valence-corrected chi connectivity index (χ1v) is 8.11. The largest absolute Gasteiger partial charge is 0.350 e. The fraction of sp³-hybridized carbons (Fsp3) is 0.429. The number of aromatic nitrogens is 2. The Bertz CT molecular complexity index is 612. The van der Waals surface area contributed by atoms with Gasteiger partial charge in [0.2, 0.25) is 5.91 Å². The number of halogens is 1. The van der Waals surface area contributed by atoms with Crippen molar-refractivity contribution in [1.82, 2.24) is 15.1 Å². The number of nitrogens with zero attached hydrogens (tertiary/aromatic N) is 2. The van der Waals surface area contributed by atoms with Crippen molar-refractivity contribution in [2.45, 2.75) is 19.9 Å². The van der Waals surface area contributed by atoms with E-state index in [0.717, 1.165) is 28.1 Å². The number of thioether (sulfide) groups is 1. The van der Waals surface area contributed by atoms with Gasteiger partial charge in [-0.1, -0.05) is 24.6 Å². The van der Waals surface area contributed by atoms with E-state index in [0.29, 0.717) is 18.0 Å². The van der Waals surface area contributed by atoms with E-state index in [2.05, 4.69) is 17.3 Å². The van der Waals surface area contributed by atoms with E-state index in [9.17, 15) is 4.79 Å². The number of amides is 1. The second kappa shape index (κ2) is 6.99. The highest BCUT2D eigenvalue weighted by Gasteiger charge is 2.12. The van der Waals surface area contributed by atoms with Gasteiger partial charge in [-0.3, -0.25) is 9.48 Å². The molecule has 0 fully saturated rings. The van der Waals surface area contributed by atoms with Crippen molar-refractivity contribution in [2.75, 3.05) is 11.5 Å². The molecular weight excluding hydrogens is 294 g/mol. The molecule has 1 heterocycles. The lowest BCUT2D eigenvalue weighted by Gasteiger charge is -2.03. The normalized spacial score (nSPS) is 10.9. The van der Waals surface area contributed by atoms with Gasteiger partial charge in [0.25, 0.3) is 0 Å². The molecule has 1 aromatic heterocycles. The predicted octanol–water partition coefficient (Wildman–Crippen LogP) is 2.99. The Morgan fingerprint density at radius 1 is 1.50 bits per heavy atom. The zero-order chi connectivity index (χ0) is 14.5. The number of carbonyl (C=O) groups excluding carboxylic acids is 1. The molecule has 0 aliphatic carbocycles. The third kappa shape index (κ3) is 3.46. The highest BCUT2D eigenvalue weighted by Crippen LogP contribution is 2.26. The van der Waals surface area contributed by atoms with Crippen molar-refractivity contribution >= 4 is 40.2 Å². The summed E-state index contributed by atoms with van der Waals surface area (Å²) in [5, 5.41) is 8.92. The fourth-order valence-electron chi connectivity index (χ4n) is 2.06. The second-order valence-corrected chi connectivity index (χ2v) is 6.23. The quantitative estimate of drug-likeness (QED) is 0.834. The van der Waals surface area contributed by atoms with Crippen molar-refractivity contribution in [3.05, 3.63) is 28.9 Å². The van der Waals surface area contributed by atoms with Crippen LogP contribution < -0.4 is 5.32 Å². The molecule has 0 unspecified atom stereocenters. The Balaban J connectivity index is 2.05. The zero-order valence-corrected chi connectivity index (χ0v) is 13.2. The minimum Gasteiger partial charge on any atom is -0.350 e. The number of hydrogen-bond donors (Lipinski definition) is 1. The monoisotopic (exact) mass is 311 g/mol. The summed E-state index contributed by atoms with van der Waals surface area (Å²) < 4.78 is 1.79. The summed E-state index contributed by atoms with van der Waals surface area (Å²) in [6.45, 7) is 2.50. The molecular formula is C14H18ClN3OS. The summed E-state index contributed by atoms with van der Waals surface area (Å²) in [6.07, 6.45) is 0.539. The molecule has 2 aromatic rings. The first-order valence-electron chi connectivity index (χ1n) is 6.58. The molecule has 2 rings (SSSR count). The smallest absolute Gasteiger partial charge is 0.221 e. The van der Waals surface area contributed by atoms with Crippen LogP contribution in [0.15, 0.2) is 18.2 Å². The van der Waals surface area contributed by atoms with E-state index in [1.807, 2.05) is 25.2 Å². The summed E-state index contributed by atoms with van der Waals surface area (Å²) >= 11 is 7.99. The maximum Gasteiger partial charge on any atom is 0.221 e. The molecule has 1 N–H and O–H groups in total. The number of nitrogens with one attached hydrogen (secondary N) is 1. The van der Waals surface area contributed by atoms with Gasteiger partial charge in [-0.05, 0) is 17.9 Å². The SMILES string of the molecule is CCSCCC(=O)NCc1nn(C)c2cccc(Cl)c12. The summed E-state index contributed by atoms with van der Waals surface area (Å²) in [5.74, 6) is 1.94. The molecule has 20 heavy (non-hydrogen) atoms. The van der Waals surface area contributed by atoms with Crippen LogP contribution in [0.1, 0.15) is 19.0 Å². The first kappa shape index (κ1) is 15.2. The van der Waals surface area contributed by atoms with Crippen LogP contribution in [0.5, 0.6) is 0 Å². The number of rotatable bonds is 6. The van der Waals surface area contributed by atoms with E-state index in [-0.39, 0.29) is 5.91 Å². The number of benzene rings is 1. The number of carbonyl (C=O) groups is 1. The molecule has 0 spiro atoms. The zero-order valence-electron chi connectivity index (χ0n) is 11.6. The topological polar surface area (TPSA) is 46.9 Å². The van der Waals surface area contributed by atoms with Gasteiger partial charge in [0, 0.05) is 24.6 Å². The molecule has 1 aromatic carbocycles. The lowest BCUT2D eigenvalue weighted by Crippen LogP contribution is -2.23. The highest BCUT2D eigenvalue weighted by molar-refractivity contribution is 7.99. The highest BCUT2D eigenvalue weighted by atomic mass is 35.5. The standard InChI is InChI=1S/C14H18ClN3OS/c1-3-20-8-7-13(19)16-9-11-14-10(15)5-4-6-12(14)18(2)17-11/h4-6H,3,7-9H2,1-2H3,(H,16,19). The summed E-state index contributed by atoms with van der Waals surface area (Å²) in [7, 11) is 1.88. The molecule has 4 nitrogen and oxygen atoms in total. The van der Waals surface area contributed by atoms with E-state index in [1.54, 1.807) is 16.4 Å². The maximum absolute atomic E-state index is 11.7. The molecule has 1 amide bonds. The Morgan fingerprint density at radius 2 is 2.30 bits per heavy atom. The molecule has 0 aliphatic rings. The average molecular weight is 312 g/mol. The fourth-order valence-corrected chi connectivity index (χ4v) is 2.95. The van der Waals surface area contributed by atoms with Crippen LogP contribution in [0.2, 0.25) is 5.02 Å². The van der Waals surface area contributed by atoms with E-state index < -0.39 is 0 Å². The van der Waals surface area contributed by atoms with Gasteiger partial charge in [-0.2, -0.15) is 16.9 Å². The second-order valence-electron chi connectivity index (χ2n) is 4.43. The molecule has 0 bridgehead atoms. The van der Waals surface area contributed by atoms with Crippen LogP contribution in [0, 0.1) is 0 Å². The van der Waals surface area contributed by atoms with Crippen molar-refractivity contribution in [3.63, 3.8) is 0 Å². The van der Waals surface area contributed by atoms with Gasteiger partial charge >= 0.3 is 0 Å². The van der Waals surface area contributed by atoms with Crippen molar-refractivity contribution < 1.29 is 4.79 Å². The van der Waals surface area contributed by atoms with E-state index in [1.165, 1.54) is 0 Å². The van der Waals surface area contributed by atoms with Gasteiger partial charge in [0.15, 0.2) is 0 Å². The van der Waals surface area contributed by atoms with E-state index in [4.69, 9.17) is 11.6 Å². The number of hydrogen-bond acceptors (Lipinski definition) is 3. The van der Waals surface area contributed by atoms with Crippen molar-refractivity contribution in [1.29, 1.82) is 0 Å². The Labute approximate surface area is 127 Å². The molecule has 0 atom stereocenters. The molecule has 0 radical (unpaired) electrons. The molecule has 6 heteroatoms. The lowest BCUT2D eigenvalue weighted by atomic mass is 10.2. The maximum atomic E-state index is 11.7. The van der Waals surface area contributed by atoms with Crippen molar-refractivity contribution in [2.24, 2.45) is 7.05 Å². The Morgan fingerprint density at radius 3 is 3.05 bits per heavy atom. The Kier molecular flexibility index (Phi) is 5.31. The van der Waals surface area contributed by atoms with Crippen LogP contribution in [0.25, 0.3) is 10.9 Å². The van der Waals surface area contributed by atoms with Crippen LogP contribution in [-0.4, -0.2) is 27.2 Å². The molecule has 108 valence electrons.